The van der Waals surface area contributed by atoms with Gasteiger partial charge < -0.3 is 11.1 Å². The number of hydrogen-bond acceptors (Lipinski definition) is 2. The Labute approximate surface area is 119 Å². The van der Waals surface area contributed by atoms with Gasteiger partial charge >= 0.3 is 0 Å². The van der Waals surface area contributed by atoms with Crippen LogP contribution in [0.3, 0.4) is 0 Å². The van der Waals surface area contributed by atoms with Crippen molar-refractivity contribution in [3.8, 4) is 0 Å². The second-order valence-corrected chi connectivity index (χ2v) is 5.83. The summed E-state index contributed by atoms with van der Waals surface area (Å²) in [5.74, 6) is -0.0758. The maximum absolute atomic E-state index is 11.1. The van der Waals surface area contributed by atoms with E-state index in [0.717, 1.165) is 30.7 Å². The lowest BCUT2D eigenvalue weighted by Gasteiger charge is -2.30. The maximum atomic E-state index is 11.1. The van der Waals surface area contributed by atoms with Crippen LogP contribution in [-0.4, -0.2) is 11.9 Å². The van der Waals surface area contributed by atoms with Crippen LogP contribution in [0.15, 0.2) is 24.3 Å². The number of primary amides is 1. The highest BCUT2D eigenvalue weighted by molar-refractivity contribution is 6.30. The van der Waals surface area contributed by atoms with Crippen molar-refractivity contribution in [3.05, 3.63) is 34.9 Å². The normalized spacial score (nSPS) is 24.9. The minimum absolute atomic E-state index is 0.0730. The molecule has 0 aliphatic heterocycles. The molecular weight excluding hydrogens is 260 g/mol. The number of amides is 1. The van der Waals surface area contributed by atoms with Crippen molar-refractivity contribution in [2.45, 2.75) is 44.7 Å². The van der Waals surface area contributed by atoms with Crippen LogP contribution in [0.2, 0.25) is 5.02 Å². The van der Waals surface area contributed by atoms with Crippen LogP contribution in [-0.2, 0) is 4.79 Å². The molecular formula is C15H21ClN2O. The van der Waals surface area contributed by atoms with Gasteiger partial charge in [-0.15, -0.1) is 0 Å². The van der Waals surface area contributed by atoms with Crippen LogP contribution < -0.4 is 11.1 Å². The lowest BCUT2D eigenvalue weighted by atomic mass is 9.85. The zero-order valence-corrected chi connectivity index (χ0v) is 12.0. The lowest BCUT2D eigenvalue weighted by molar-refractivity contribution is -0.122. The van der Waals surface area contributed by atoms with Gasteiger partial charge in [0.05, 0.1) is 0 Å². The largest absolute Gasteiger partial charge is 0.369 e. The molecule has 0 aromatic heterocycles. The van der Waals surface area contributed by atoms with Crippen molar-refractivity contribution in [2.75, 3.05) is 0 Å². The highest BCUT2D eigenvalue weighted by Gasteiger charge is 2.25. The number of nitrogens with one attached hydrogen (secondary N) is 1. The maximum Gasteiger partial charge on any atom is 0.220 e. The van der Waals surface area contributed by atoms with Crippen molar-refractivity contribution in [2.24, 2.45) is 11.7 Å². The van der Waals surface area contributed by atoms with Crippen LogP contribution in [0.25, 0.3) is 0 Å². The first-order valence-electron chi connectivity index (χ1n) is 6.87. The highest BCUT2D eigenvalue weighted by atomic mass is 35.5. The number of nitrogens with two attached hydrogens (primary N) is 1. The molecule has 0 saturated heterocycles. The van der Waals surface area contributed by atoms with Gasteiger partial charge in [-0.2, -0.15) is 0 Å². The van der Waals surface area contributed by atoms with Crippen LogP contribution in [0.1, 0.15) is 44.2 Å². The molecule has 1 saturated carbocycles. The number of carbonyl (C=O) groups excluding carboxylic acids is 1. The van der Waals surface area contributed by atoms with E-state index in [9.17, 15) is 4.79 Å². The zero-order valence-electron chi connectivity index (χ0n) is 11.2. The summed E-state index contributed by atoms with van der Waals surface area (Å²) < 4.78 is 0. The number of hydrogen-bond donors (Lipinski definition) is 2. The van der Waals surface area contributed by atoms with Crippen LogP contribution >= 0.6 is 11.6 Å². The SMILES string of the molecule is CC(NC1CCC(C(N)=O)CC1)c1ccc(Cl)cc1. The molecule has 19 heavy (non-hydrogen) atoms. The fourth-order valence-corrected chi connectivity index (χ4v) is 2.87. The van der Waals surface area contributed by atoms with Gasteiger partial charge in [0, 0.05) is 23.0 Å². The first-order valence-corrected chi connectivity index (χ1v) is 7.25. The smallest absolute Gasteiger partial charge is 0.220 e. The standard InChI is InChI=1S/C15H21ClN2O/c1-10(11-2-6-13(16)7-3-11)18-14-8-4-12(5-9-14)15(17)19/h2-3,6-7,10,12,14,18H,4-5,8-9H2,1H3,(H2,17,19). The van der Waals surface area contributed by atoms with Crippen molar-refractivity contribution in [1.82, 2.24) is 5.32 Å². The average Bonchev–Trinajstić information content (AvgIpc) is 2.40. The Hall–Kier alpha value is -1.06. The predicted octanol–water partition coefficient (Wildman–Crippen LogP) is 3.03. The molecule has 104 valence electrons. The molecule has 1 atom stereocenters. The molecule has 1 fully saturated rings. The highest BCUT2D eigenvalue weighted by Crippen LogP contribution is 2.26. The van der Waals surface area contributed by atoms with Crippen molar-refractivity contribution >= 4 is 17.5 Å². The third-order valence-electron chi connectivity index (χ3n) is 3.99. The number of carbonyl (C=O) groups is 1. The first kappa shape index (κ1) is 14.4. The third kappa shape index (κ3) is 3.95. The molecule has 2 rings (SSSR count). The van der Waals surface area contributed by atoms with Gasteiger partial charge in [0.1, 0.15) is 0 Å². The van der Waals surface area contributed by atoms with Gasteiger partial charge in [0.2, 0.25) is 5.91 Å². The Morgan fingerprint density at radius 3 is 2.37 bits per heavy atom. The topological polar surface area (TPSA) is 55.1 Å². The molecule has 1 amide bonds. The van der Waals surface area contributed by atoms with E-state index in [1.165, 1.54) is 5.56 Å². The summed E-state index contributed by atoms with van der Waals surface area (Å²) in [6, 6.07) is 8.70. The van der Waals surface area contributed by atoms with Gasteiger partial charge in [-0.1, -0.05) is 23.7 Å². The van der Waals surface area contributed by atoms with E-state index in [0.29, 0.717) is 12.1 Å². The van der Waals surface area contributed by atoms with E-state index in [1.807, 2.05) is 12.1 Å². The van der Waals surface area contributed by atoms with Crippen molar-refractivity contribution in [1.29, 1.82) is 0 Å². The summed E-state index contributed by atoms with van der Waals surface area (Å²) in [6.07, 6.45) is 3.84. The van der Waals surface area contributed by atoms with Crippen LogP contribution in [0.5, 0.6) is 0 Å². The number of halogens is 1. The van der Waals surface area contributed by atoms with Gasteiger partial charge in [-0.25, -0.2) is 0 Å². The number of benzene rings is 1. The van der Waals surface area contributed by atoms with Crippen molar-refractivity contribution < 1.29 is 4.79 Å². The molecule has 1 aromatic carbocycles. The molecule has 1 aliphatic carbocycles. The Balaban J connectivity index is 1.85. The molecule has 0 spiro atoms. The molecule has 1 unspecified atom stereocenters. The fraction of sp³-hybridized carbons (Fsp3) is 0.533. The van der Waals surface area contributed by atoms with Gasteiger partial charge in [-0.05, 0) is 50.3 Å². The third-order valence-corrected chi connectivity index (χ3v) is 4.24. The molecule has 0 heterocycles. The average molecular weight is 281 g/mol. The first-order chi connectivity index (χ1) is 9.06. The lowest BCUT2D eigenvalue weighted by Crippen LogP contribution is -2.37. The van der Waals surface area contributed by atoms with Gasteiger partial charge in [-0.3, -0.25) is 4.79 Å². The molecule has 0 radical (unpaired) electrons. The molecule has 1 aromatic rings. The summed E-state index contributed by atoms with van der Waals surface area (Å²) in [7, 11) is 0. The summed E-state index contributed by atoms with van der Waals surface area (Å²) >= 11 is 5.89. The Morgan fingerprint density at radius 2 is 1.84 bits per heavy atom. The molecule has 1 aliphatic rings. The number of rotatable bonds is 4. The summed E-state index contributed by atoms with van der Waals surface area (Å²) in [4.78, 5) is 11.1. The van der Waals surface area contributed by atoms with E-state index in [2.05, 4.69) is 24.4 Å². The van der Waals surface area contributed by atoms with Gasteiger partial charge in [0.25, 0.3) is 0 Å². The summed E-state index contributed by atoms with van der Waals surface area (Å²) in [5.41, 5.74) is 6.58. The molecule has 4 heteroatoms. The van der Waals surface area contributed by atoms with Crippen LogP contribution in [0.4, 0.5) is 0 Å². The van der Waals surface area contributed by atoms with E-state index in [4.69, 9.17) is 17.3 Å². The fourth-order valence-electron chi connectivity index (χ4n) is 2.75. The minimum Gasteiger partial charge on any atom is -0.369 e. The minimum atomic E-state index is -0.149. The zero-order chi connectivity index (χ0) is 13.8. The molecule has 3 nitrogen and oxygen atoms in total. The van der Waals surface area contributed by atoms with E-state index in [-0.39, 0.29) is 11.8 Å². The molecule has 0 bridgehead atoms. The Bertz CT molecular complexity index is 424. The Kier molecular flexibility index (Phi) is 4.83. The van der Waals surface area contributed by atoms with Crippen molar-refractivity contribution in [3.63, 3.8) is 0 Å². The van der Waals surface area contributed by atoms with Gasteiger partial charge in [0.15, 0.2) is 0 Å². The quantitative estimate of drug-likeness (QED) is 0.891. The van der Waals surface area contributed by atoms with Crippen LogP contribution in [0, 0.1) is 5.92 Å². The monoisotopic (exact) mass is 280 g/mol. The predicted molar refractivity (Wildman–Crippen MR) is 77.9 cm³/mol. The molecule has 3 N–H and O–H groups in total. The summed E-state index contributed by atoms with van der Waals surface area (Å²) in [5, 5.41) is 4.38. The Morgan fingerprint density at radius 1 is 1.26 bits per heavy atom. The second kappa shape index (κ2) is 6.40. The van der Waals surface area contributed by atoms with E-state index < -0.39 is 0 Å². The second-order valence-electron chi connectivity index (χ2n) is 5.39. The van der Waals surface area contributed by atoms with E-state index >= 15 is 0 Å². The van der Waals surface area contributed by atoms with E-state index in [1.54, 1.807) is 0 Å². The summed E-state index contributed by atoms with van der Waals surface area (Å²) in [6.45, 7) is 2.16.